The number of carbonyl (C=O) groups excluding carboxylic acids is 1. The number of nitrogens with zero attached hydrogens (tertiary/aromatic N) is 1. The van der Waals surface area contributed by atoms with E-state index in [4.69, 9.17) is 20.8 Å². The van der Waals surface area contributed by atoms with Crippen LogP contribution in [0, 0.1) is 6.92 Å². The van der Waals surface area contributed by atoms with Crippen molar-refractivity contribution in [1.82, 2.24) is 5.43 Å². The molecule has 5 nitrogen and oxygen atoms in total. The summed E-state index contributed by atoms with van der Waals surface area (Å²) in [5.41, 5.74) is 3.25. The van der Waals surface area contributed by atoms with E-state index < -0.39 is 6.10 Å². The fourth-order valence-corrected chi connectivity index (χ4v) is 1.83. The number of carbonyl (C=O) groups is 1. The quantitative estimate of drug-likeness (QED) is 0.681. The number of ether oxygens (including phenoxy) is 1. The first-order valence-corrected chi connectivity index (χ1v) is 6.73. The number of aryl methyl sites for hydroxylation is 1. The molecule has 0 fully saturated rings. The van der Waals surface area contributed by atoms with E-state index in [2.05, 4.69) is 10.5 Å². The van der Waals surface area contributed by atoms with Gasteiger partial charge < -0.3 is 9.15 Å². The average Bonchev–Trinajstić information content (AvgIpc) is 2.95. The molecule has 2 rings (SSSR count). The van der Waals surface area contributed by atoms with Crippen LogP contribution in [0.25, 0.3) is 0 Å². The normalized spacial score (nSPS) is 12.3. The third kappa shape index (κ3) is 4.36. The van der Waals surface area contributed by atoms with E-state index in [1.165, 1.54) is 12.5 Å². The lowest BCUT2D eigenvalue weighted by atomic mass is 10.2. The molecule has 0 saturated carbocycles. The van der Waals surface area contributed by atoms with Gasteiger partial charge in [0.05, 0.1) is 12.5 Å². The predicted octanol–water partition coefficient (Wildman–Crippen LogP) is 3.16. The fraction of sp³-hybridized carbons (Fsp3) is 0.200. The molecule has 1 aromatic carbocycles. The number of hydrogen-bond donors (Lipinski definition) is 1. The average molecular weight is 307 g/mol. The van der Waals surface area contributed by atoms with Gasteiger partial charge in [-0.3, -0.25) is 4.79 Å². The molecule has 1 aromatic heterocycles. The van der Waals surface area contributed by atoms with Crippen molar-refractivity contribution in [3.05, 3.63) is 52.9 Å². The van der Waals surface area contributed by atoms with Crippen LogP contribution in [-0.4, -0.2) is 18.2 Å². The van der Waals surface area contributed by atoms with Gasteiger partial charge in [-0.1, -0.05) is 11.6 Å². The van der Waals surface area contributed by atoms with Gasteiger partial charge in [-0.25, -0.2) is 5.43 Å². The highest BCUT2D eigenvalue weighted by Crippen LogP contribution is 2.22. The lowest BCUT2D eigenvalue weighted by molar-refractivity contribution is -0.127. The van der Waals surface area contributed by atoms with E-state index in [0.717, 1.165) is 5.56 Å². The number of nitrogens with one attached hydrogen (secondary N) is 1. The molecular formula is C15H15ClN2O3. The van der Waals surface area contributed by atoms with E-state index >= 15 is 0 Å². The van der Waals surface area contributed by atoms with Crippen LogP contribution in [0.15, 0.2) is 46.1 Å². The van der Waals surface area contributed by atoms with Crippen LogP contribution in [0.4, 0.5) is 0 Å². The molecule has 1 heterocycles. The summed E-state index contributed by atoms with van der Waals surface area (Å²) in [6, 6.07) is 8.68. The number of rotatable bonds is 5. The van der Waals surface area contributed by atoms with Crippen LogP contribution in [0.2, 0.25) is 5.02 Å². The molecular weight excluding hydrogens is 292 g/mol. The van der Waals surface area contributed by atoms with Crippen LogP contribution in [0.1, 0.15) is 18.2 Å². The minimum Gasteiger partial charge on any atom is -0.481 e. The molecule has 0 saturated heterocycles. The van der Waals surface area contributed by atoms with Gasteiger partial charge in [0.25, 0.3) is 5.91 Å². The third-order valence-electron chi connectivity index (χ3n) is 2.72. The maximum Gasteiger partial charge on any atom is 0.280 e. The molecule has 2 aromatic rings. The summed E-state index contributed by atoms with van der Waals surface area (Å²) in [4.78, 5) is 11.8. The van der Waals surface area contributed by atoms with Crippen molar-refractivity contribution in [3.8, 4) is 5.75 Å². The Morgan fingerprint density at radius 1 is 1.48 bits per heavy atom. The molecule has 110 valence electrons. The molecule has 6 heteroatoms. The third-order valence-corrected chi connectivity index (χ3v) is 2.95. The SMILES string of the molecule is Cc1cc(Cl)ccc1O[C@@H](C)C(=O)NN=Cc1ccco1. The Balaban J connectivity index is 1.90. The monoisotopic (exact) mass is 306 g/mol. The van der Waals surface area contributed by atoms with Crippen molar-refractivity contribution in [1.29, 1.82) is 0 Å². The summed E-state index contributed by atoms with van der Waals surface area (Å²) in [6.45, 7) is 3.51. The Labute approximate surface area is 127 Å². The summed E-state index contributed by atoms with van der Waals surface area (Å²) in [6.07, 6.45) is 2.26. The zero-order valence-electron chi connectivity index (χ0n) is 11.7. The first kappa shape index (κ1) is 15.1. The number of amides is 1. The van der Waals surface area contributed by atoms with Gasteiger partial charge in [-0.15, -0.1) is 0 Å². The summed E-state index contributed by atoms with van der Waals surface area (Å²) < 4.78 is 10.6. The maximum absolute atomic E-state index is 11.8. The molecule has 0 radical (unpaired) electrons. The largest absolute Gasteiger partial charge is 0.481 e. The van der Waals surface area contributed by atoms with Crippen molar-refractivity contribution >= 4 is 23.7 Å². The van der Waals surface area contributed by atoms with Crippen molar-refractivity contribution in [2.75, 3.05) is 0 Å². The number of benzene rings is 1. The molecule has 1 N–H and O–H groups in total. The van der Waals surface area contributed by atoms with E-state index in [9.17, 15) is 4.79 Å². The second-order valence-corrected chi connectivity index (χ2v) is 4.86. The van der Waals surface area contributed by atoms with Crippen molar-refractivity contribution in [2.45, 2.75) is 20.0 Å². The molecule has 1 atom stereocenters. The zero-order valence-corrected chi connectivity index (χ0v) is 12.4. The van der Waals surface area contributed by atoms with Gasteiger partial charge in [-0.05, 0) is 49.7 Å². The van der Waals surface area contributed by atoms with E-state index in [1.807, 2.05) is 6.92 Å². The van der Waals surface area contributed by atoms with E-state index in [0.29, 0.717) is 16.5 Å². The van der Waals surface area contributed by atoms with Crippen molar-refractivity contribution in [2.24, 2.45) is 5.10 Å². The highest BCUT2D eigenvalue weighted by Gasteiger charge is 2.15. The summed E-state index contributed by atoms with van der Waals surface area (Å²) in [7, 11) is 0. The Bertz CT molecular complexity index is 638. The highest BCUT2D eigenvalue weighted by molar-refractivity contribution is 6.30. The van der Waals surface area contributed by atoms with Crippen molar-refractivity contribution in [3.63, 3.8) is 0 Å². The standard InChI is InChI=1S/C15H15ClN2O3/c1-10-8-12(16)5-6-14(10)21-11(2)15(19)18-17-9-13-4-3-7-20-13/h3-9,11H,1-2H3,(H,18,19)/t11-/m0/s1. The smallest absolute Gasteiger partial charge is 0.280 e. The molecule has 0 aliphatic carbocycles. The molecule has 0 bridgehead atoms. The van der Waals surface area contributed by atoms with Gasteiger partial charge in [-0.2, -0.15) is 5.10 Å². The second kappa shape index (κ2) is 6.95. The second-order valence-electron chi connectivity index (χ2n) is 4.42. The van der Waals surface area contributed by atoms with Gasteiger partial charge in [0.2, 0.25) is 0 Å². The number of hydrazone groups is 1. The highest BCUT2D eigenvalue weighted by atomic mass is 35.5. The van der Waals surface area contributed by atoms with Crippen LogP contribution in [0.3, 0.4) is 0 Å². The van der Waals surface area contributed by atoms with Crippen LogP contribution < -0.4 is 10.2 Å². The fourth-order valence-electron chi connectivity index (χ4n) is 1.60. The zero-order chi connectivity index (χ0) is 15.2. The predicted molar refractivity (Wildman–Crippen MR) is 80.7 cm³/mol. The molecule has 0 aliphatic heterocycles. The summed E-state index contributed by atoms with van der Waals surface area (Å²) in [5.74, 6) is 0.807. The van der Waals surface area contributed by atoms with Gasteiger partial charge in [0.15, 0.2) is 6.10 Å². The topological polar surface area (TPSA) is 63.8 Å². The first-order valence-electron chi connectivity index (χ1n) is 6.35. The van der Waals surface area contributed by atoms with Crippen LogP contribution in [0.5, 0.6) is 5.75 Å². The maximum atomic E-state index is 11.8. The van der Waals surface area contributed by atoms with Crippen LogP contribution in [-0.2, 0) is 4.79 Å². The van der Waals surface area contributed by atoms with Crippen LogP contribution >= 0.6 is 11.6 Å². The van der Waals surface area contributed by atoms with Crippen molar-refractivity contribution < 1.29 is 13.9 Å². The number of furan rings is 1. The Kier molecular flexibility index (Phi) is 5.00. The molecule has 0 spiro atoms. The molecule has 0 unspecified atom stereocenters. The Hall–Kier alpha value is -2.27. The minimum absolute atomic E-state index is 0.354. The number of halogens is 1. The van der Waals surface area contributed by atoms with E-state index in [1.54, 1.807) is 37.3 Å². The Morgan fingerprint density at radius 3 is 2.95 bits per heavy atom. The lowest BCUT2D eigenvalue weighted by Gasteiger charge is -2.14. The summed E-state index contributed by atoms with van der Waals surface area (Å²) >= 11 is 5.87. The van der Waals surface area contributed by atoms with E-state index in [-0.39, 0.29) is 5.91 Å². The lowest BCUT2D eigenvalue weighted by Crippen LogP contribution is -2.33. The minimum atomic E-state index is -0.682. The summed E-state index contributed by atoms with van der Waals surface area (Å²) in [5, 5.41) is 4.42. The number of hydrogen-bond acceptors (Lipinski definition) is 4. The first-order chi connectivity index (χ1) is 10.1. The molecule has 1 amide bonds. The van der Waals surface area contributed by atoms with Gasteiger partial charge in [0.1, 0.15) is 11.5 Å². The van der Waals surface area contributed by atoms with Gasteiger partial charge >= 0.3 is 0 Å². The van der Waals surface area contributed by atoms with Gasteiger partial charge in [0, 0.05) is 5.02 Å². The Morgan fingerprint density at radius 2 is 2.29 bits per heavy atom. The molecule has 0 aliphatic rings. The molecule has 21 heavy (non-hydrogen) atoms.